The van der Waals surface area contributed by atoms with Gasteiger partial charge in [0.05, 0.1) is 11.4 Å². The Morgan fingerprint density at radius 3 is 2.86 bits per heavy atom. The predicted octanol–water partition coefficient (Wildman–Crippen LogP) is 4.24. The molecule has 144 valence electrons. The number of ether oxygens (including phenoxy) is 1. The summed E-state index contributed by atoms with van der Waals surface area (Å²) in [6.07, 6.45) is -0.626. The molecule has 6 nitrogen and oxygen atoms in total. The molecule has 3 aromatic rings. The van der Waals surface area contributed by atoms with Crippen LogP contribution in [-0.2, 0) is 9.59 Å². The molecule has 28 heavy (non-hydrogen) atoms. The molecule has 0 saturated heterocycles. The molecule has 8 heteroatoms. The van der Waals surface area contributed by atoms with Gasteiger partial charge in [-0.05, 0) is 39.0 Å². The number of nitrogens with zero attached hydrogens (tertiary/aromatic N) is 2. The number of aryl methyl sites for hydroxylation is 2. The zero-order valence-corrected chi connectivity index (χ0v) is 17.3. The fourth-order valence-electron chi connectivity index (χ4n) is 3.16. The molecule has 0 saturated carbocycles. The van der Waals surface area contributed by atoms with Gasteiger partial charge >= 0.3 is 0 Å². The van der Waals surface area contributed by atoms with Crippen LogP contribution in [0.15, 0.2) is 35.7 Å². The summed E-state index contributed by atoms with van der Waals surface area (Å²) < 4.78 is 5.61. The van der Waals surface area contributed by atoms with Gasteiger partial charge in [0.25, 0.3) is 5.91 Å². The molecular weight excluding hydrogens is 394 g/mol. The van der Waals surface area contributed by atoms with E-state index in [2.05, 4.69) is 30.2 Å². The number of carbonyl (C=O) groups is 2. The lowest BCUT2D eigenvalue weighted by molar-refractivity contribution is -0.127. The van der Waals surface area contributed by atoms with Crippen LogP contribution in [0.25, 0.3) is 11.3 Å². The Balaban J connectivity index is 1.49. The highest BCUT2D eigenvalue weighted by Gasteiger charge is 2.32. The van der Waals surface area contributed by atoms with Gasteiger partial charge in [0.15, 0.2) is 11.2 Å². The molecule has 1 aliphatic heterocycles. The number of carbonyl (C=O) groups excluding carboxylic acids is 2. The Morgan fingerprint density at radius 2 is 2.11 bits per heavy atom. The third-order valence-electron chi connectivity index (χ3n) is 4.44. The Labute approximate surface area is 170 Å². The number of thiazole rings is 1. The van der Waals surface area contributed by atoms with Crippen LogP contribution >= 0.6 is 22.7 Å². The molecule has 1 unspecified atom stereocenters. The van der Waals surface area contributed by atoms with Crippen LogP contribution < -0.4 is 15.0 Å². The second kappa shape index (κ2) is 7.37. The topological polar surface area (TPSA) is 71.5 Å². The molecule has 0 bridgehead atoms. The number of hydrogen-bond acceptors (Lipinski definition) is 6. The van der Waals surface area contributed by atoms with E-state index in [1.807, 2.05) is 17.5 Å². The standard InChI is InChI=1S/C20H19N3O3S2/c1-11-8-14(13(3)28-11)15-10-27-20(21-15)22-18(24)9-23-16-6-4-5-7-17(16)26-12(2)19(23)25/h4-8,10,12H,9H2,1-3H3,(H,21,22,24). The van der Waals surface area contributed by atoms with Crippen molar-refractivity contribution in [2.45, 2.75) is 26.9 Å². The first-order valence-electron chi connectivity index (χ1n) is 8.82. The van der Waals surface area contributed by atoms with Crippen molar-refractivity contribution in [2.24, 2.45) is 0 Å². The zero-order chi connectivity index (χ0) is 19.8. The number of fused-ring (bicyclic) bond motifs is 1. The van der Waals surface area contributed by atoms with Crippen LogP contribution in [-0.4, -0.2) is 29.4 Å². The van der Waals surface area contributed by atoms with Gasteiger partial charge in [0.1, 0.15) is 12.3 Å². The Hall–Kier alpha value is -2.71. The summed E-state index contributed by atoms with van der Waals surface area (Å²) in [6.45, 7) is 5.72. The van der Waals surface area contributed by atoms with Gasteiger partial charge in [-0.2, -0.15) is 0 Å². The quantitative estimate of drug-likeness (QED) is 0.694. The van der Waals surface area contributed by atoms with Crippen LogP contribution in [0.1, 0.15) is 16.7 Å². The first-order valence-corrected chi connectivity index (χ1v) is 10.5. The van der Waals surface area contributed by atoms with Crippen molar-refractivity contribution in [2.75, 3.05) is 16.8 Å². The number of benzene rings is 1. The van der Waals surface area contributed by atoms with Crippen LogP contribution in [0.5, 0.6) is 5.75 Å². The van der Waals surface area contributed by atoms with E-state index in [0.29, 0.717) is 16.6 Å². The normalized spacial score (nSPS) is 15.9. The molecule has 0 spiro atoms. The maximum Gasteiger partial charge on any atom is 0.268 e. The number of anilines is 2. The van der Waals surface area contributed by atoms with Crippen molar-refractivity contribution >= 4 is 45.3 Å². The van der Waals surface area contributed by atoms with Crippen molar-refractivity contribution in [1.29, 1.82) is 0 Å². The van der Waals surface area contributed by atoms with E-state index in [1.165, 1.54) is 26.0 Å². The van der Waals surface area contributed by atoms with Crippen molar-refractivity contribution in [3.05, 3.63) is 45.5 Å². The van der Waals surface area contributed by atoms with Crippen molar-refractivity contribution < 1.29 is 14.3 Å². The van der Waals surface area contributed by atoms with Gasteiger partial charge in [-0.15, -0.1) is 22.7 Å². The summed E-state index contributed by atoms with van der Waals surface area (Å²) in [5, 5.41) is 5.26. The van der Waals surface area contributed by atoms with Crippen LogP contribution in [0, 0.1) is 13.8 Å². The minimum atomic E-state index is -0.626. The molecule has 0 radical (unpaired) electrons. The lowest BCUT2D eigenvalue weighted by Crippen LogP contribution is -2.47. The minimum Gasteiger partial charge on any atom is -0.479 e. The summed E-state index contributed by atoms with van der Waals surface area (Å²) in [6, 6.07) is 9.32. The lowest BCUT2D eigenvalue weighted by Gasteiger charge is -2.32. The summed E-state index contributed by atoms with van der Waals surface area (Å²) >= 11 is 3.10. The first kappa shape index (κ1) is 18.6. The predicted molar refractivity (Wildman–Crippen MR) is 112 cm³/mol. The number of rotatable bonds is 4. The number of nitrogens with one attached hydrogen (secondary N) is 1. The summed E-state index contributed by atoms with van der Waals surface area (Å²) in [5.74, 6) is 0.0664. The van der Waals surface area contributed by atoms with Crippen molar-refractivity contribution in [3.63, 3.8) is 0 Å². The molecule has 0 aliphatic carbocycles. The molecule has 3 heterocycles. The third kappa shape index (κ3) is 3.53. The van der Waals surface area contributed by atoms with Gasteiger partial charge in [0, 0.05) is 20.7 Å². The van der Waals surface area contributed by atoms with E-state index in [4.69, 9.17) is 4.74 Å². The molecule has 1 aromatic carbocycles. The van der Waals surface area contributed by atoms with Crippen molar-refractivity contribution in [3.8, 4) is 17.0 Å². The highest BCUT2D eigenvalue weighted by Crippen LogP contribution is 2.34. The third-order valence-corrected chi connectivity index (χ3v) is 6.17. The maximum atomic E-state index is 12.6. The van der Waals surface area contributed by atoms with E-state index >= 15 is 0 Å². The van der Waals surface area contributed by atoms with Crippen LogP contribution in [0.2, 0.25) is 0 Å². The molecule has 1 atom stereocenters. The highest BCUT2D eigenvalue weighted by atomic mass is 32.1. The van der Waals surface area contributed by atoms with Crippen molar-refractivity contribution in [1.82, 2.24) is 4.98 Å². The summed E-state index contributed by atoms with van der Waals surface area (Å²) in [5.41, 5.74) is 2.54. The monoisotopic (exact) mass is 413 g/mol. The second-order valence-corrected chi connectivity index (χ2v) is 8.88. The minimum absolute atomic E-state index is 0.0882. The number of aromatic nitrogens is 1. The molecule has 2 amide bonds. The van der Waals surface area contributed by atoms with Gasteiger partial charge in [-0.1, -0.05) is 12.1 Å². The average molecular weight is 414 g/mol. The van der Waals surface area contributed by atoms with Gasteiger partial charge < -0.3 is 10.1 Å². The largest absolute Gasteiger partial charge is 0.479 e. The highest BCUT2D eigenvalue weighted by molar-refractivity contribution is 7.14. The fourth-order valence-corrected chi connectivity index (χ4v) is 4.82. The molecule has 0 fully saturated rings. The Bertz CT molecular complexity index is 1060. The van der Waals surface area contributed by atoms with Crippen LogP contribution in [0.4, 0.5) is 10.8 Å². The summed E-state index contributed by atoms with van der Waals surface area (Å²) in [4.78, 5) is 33.5. The van der Waals surface area contributed by atoms with E-state index in [1.54, 1.807) is 30.4 Å². The van der Waals surface area contributed by atoms with Gasteiger partial charge in [0.2, 0.25) is 5.91 Å². The van der Waals surface area contributed by atoms with E-state index in [-0.39, 0.29) is 18.4 Å². The first-order chi connectivity index (χ1) is 13.4. The Morgan fingerprint density at radius 1 is 1.32 bits per heavy atom. The molecular formula is C20H19N3O3S2. The number of para-hydroxylation sites is 2. The lowest BCUT2D eigenvalue weighted by atomic mass is 10.2. The number of hydrogen-bond donors (Lipinski definition) is 1. The SMILES string of the molecule is Cc1cc(-c2csc(NC(=O)CN3C(=O)C(C)Oc4ccccc43)n2)c(C)s1. The average Bonchev–Trinajstić information content (AvgIpc) is 3.24. The smallest absolute Gasteiger partial charge is 0.268 e. The summed E-state index contributed by atoms with van der Waals surface area (Å²) in [7, 11) is 0. The molecule has 4 rings (SSSR count). The molecule has 2 aromatic heterocycles. The Kier molecular flexibility index (Phi) is 4.91. The number of amides is 2. The van der Waals surface area contributed by atoms with E-state index in [9.17, 15) is 9.59 Å². The van der Waals surface area contributed by atoms with Gasteiger partial charge in [-0.25, -0.2) is 4.98 Å². The fraction of sp³-hybridized carbons (Fsp3) is 0.250. The van der Waals surface area contributed by atoms with Gasteiger partial charge in [-0.3, -0.25) is 14.5 Å². The van der Waals surface area contributed by atoms with E-state index < -0.39 is 6.10 Å². The maximum absolute atomic E-state index is 12.6. The van der Waals surface area contributed by atoms with Crippen LogP contribution in [0.3, 0.4) is 0 Å². The molecule has 1 aliphatic rings. The number of thiophene rings is 1. The second-order valence-electron chi connectivity index (χ2n) is 6.57. The van der Waals surface area contributed by atoms with E-state index in [0.717, 1.165) is 11.3 Å². The molecule has 1 N–H and O–H groups in total. The zero-order valence-electron chi connectivity index (χ0n) is 15.7.